The molecule has 0 saturated carbocycles. The number of hydrogen-bond donors (Lipinski definition) is 1. The third-order valence-corrected chi connectivity index (χ3v) is 3.61. The van der Waals surface area contributed by atoms with E-state index >= 15 is 0 Å². The smallest absolute Gasteiger partial charge is 0.130 e. The molecule has 0 aromatic carbocycles. The van der Waals surface area contributed by atoms with E-state index in [0.717, 1.165) is 22.8 Å². The summed E-state index contributed by atoms with van der Waals surface area (Å²) >= 11 is 3.39. The number of nitrogens with one attached hydrogen (secondary N) is 1. The van der Waals surface area contributed by atoms with Crippen molar-refractivity contribution in [3.05, 3.63) is 16.5 Å². The van der Waals surface area contributed by atoms with E-state index in [1.165, 1.54) is 32.5 Å². The van der Waals surface area contributed by atoms with Crippen LogP contribution < -0.4 is 5.32 Å². The summed E-state index contributed by atoms with van der Waals surface area (Å²) in [6, 6.07) is 1.93. The maximum Gasteiger partial charge on any atom is 0.130 e. The first kappa shape index (κ1) is 13.7. The van der Waals surface area contributed by atoms with Crippen LogP contribution in [0.2, 0.25) is 0 Å². The number of likely N-dealkylation sites (tertiary alicyclic amines) is 1. The fourth-order valence-corrected chi connectivity index (χ4v) is 2.84. The quantitative estimate of drug-likeness (QED) is 0.849. The van der Waals surface area contributed by atoms with E-state index < -0.39 is 0 Å². The van der Waals surface area contributed by atoms with Crippen molar-refractivity contribution in [2.75, 3.05) is 31.5 Å². The lowest BCUT2D eigenvalue weighted by molar-refractivity contribution is 0.294. The van der Waals surface area contributed by atoms with Gasteiger partial charge in [0.1, 0.15) is 16.2 Å². The van der Waals surface area contributed by atoms with Crippen LogP contribution in [0.5, 0.6) is 0 Å². The first-order valence-electron chi connectivity index (χ1n) is 6.61. The van der Waals surface area contributed by atoms with Gasteiger partial charge in [0.15, 0.2) is 0 Å². The lowest BCUT2D eigenvalue weighted by Crippen LogP contribution is -2.29. The van der Waals surface area contributed by atoms with Gasteiger partial charge in [-0.2, -0.15) is 0 Å². The van der Waals surface area contributed by atoms with Crippen molar-refractivity contribution < 1.29 is 0 Å². The summed E-state index contributed by atoms with van der Waals surface area (Å²) < 4.78 is 0.838. The zero-order chi connectivity index (χ0) is 13.0. The van der Waals surface area contributed by atoms with Gasteiger partial charge in [0.2, 0.25) is 0 Å². The molecule has 1 aromatic rings. The Labute approximate surface area is 117 Å². The summed E-state index contributed by atoms with van der Waals surface area (Å²) in [7, 11) is 0. The molecule has 0 aliphatic carbocycles. The van der Waals surface area contributed by atoms with Crippen molar-refractivity contribution in [3.63, 3.8) is 0 Å². The Kier molecular flexibility index (Phi) is 4.95. The Balaban J connectivity index is 1.79. The van der Waals surface area contributed by atoms with Crippen LogP contribution >= 0.6 is 15.9 Å². The maximum atomic E-state index is 4.37. The molecule has 0 bridgehead atoms. The average Bonchev–Trinajstić information content (AvgIpc) is 2.78. The molecule has 0 radical (unpaired) electrons. The minimum absolute atomic E-state index is 0.636. The zero-order valence-corrected chi connectivity index (χ0v) is 12.7. The van der Waals surface area contributed by atoms with Gasteiger partial charge in [0.25, 0.3) is 0 Å². The van der Waals surface area contributed by atoms with Gasteiger partial charge < -0.3 is 10.2 Å². The third kappa shape index (κ3) is 4.21. The van der Waals surface area contributed by atoms with Gasteiger partial charge in [-0.1, -0.05) is 6.92 Å². The van der Waals surface area contributed by atoms with E-state index in [-0.39, 0.29) is 0 Å². The fourth-order valence-electron chi connectivity index (χ4n) is 2.37. The van der Waals surface area contributed by atoms with E-state index in [4.69, 9.17) is 0 Å². The van der Waals surface area contributed by atoms with Crippen LogP contribution in [0.4, 0.5) is 5.82 Å². The van der Waals surface area contributed by atoms with Gasteiger partial charge in [-0.05, 0) is 54.7 Å². The molecule has 0 spiro atoms. The Morgan fingerprint density at radius 2 is 2.11 bits per heavy atom. The molecule has 1 N–H and O–H groups in total. The molecule has 18 heavy (non-hydrogen) atoms. The summed E-state index contributed by atoms with van der Waals surface area (Å²) in [5.41, 5.74) is 0. The minimum atomic E-state index is 0.636. The maximum absolute atomic E-state index is 4.37. The predicted octanol–water partition coefficient (Wildman–Crippen LogP) is 2.69. The normalized spacial score (nSPS) is 17.9. The average molecular weight is 313 g/mol. The Morgan fingerprint density at radius 1 is 1.39 bits per heavy atom. The summed E-state index contributed by atoms with van der Waals surface area (Å²) in [5.74, 6) is 2.33. The Hall–Kier alpha value is -0.680. The van der Waals surface area contributed by atoms with Crippen LogP contribution in [0.15, 0.2) is 10.7 Å². The standard InChI is InChI=1S/C13H21BrN4/c1-10(9-18-5-3-4-6-18)8-15-13-7-12(14)16-11(2)17-13/h7,10H,3-6,8-9H2,1-2H3,(H,15,16,17). The number of aromatic nitrogens is 2. The van der Waals surface area contributed by atoms with Crippen LogP contribution in [-0.2, 0) is 0 Å². The largest absolute Gasteiger partial charge is 0.370 e. The third-order valence-electron chi connectivity index (χ3n) is 3.21. The van der Waals surface area contributed by atoms with Gasteiger partial charge in [-0.3, -0.25) is 0 Å². The van der Waals surface area contributed by atoms with Crippen molar-refractivity contribution in [1.29, 1.82) is 0 Å². The van der Waals surface area contributed by atoms with Crippen LogP contribution in [0, 0.1) is 12.8 Å². The van der Waals surface area contributed by atoms with Crippen molar-refractivity contribution >= 4 is 21.7 Å². The number of anilines is 1. The van der Waals surface area contributed by atoms with Crippen molar-refractivity contribution in [2.24, 2.45) is 5.92 Å². The predicted molar refractivity (Wildman–Crippen MR) is 77.8 cm³/mol. The second kappa shape index (κ2) is 6.48. The highest BCUT2D eigenvalue weighted by molar-refractivity contribution is 9.10. The summed E-state index contributed by atoms with van der Waals surface area (Å²) in [6.45, 7) is 8.86. The van der Waals surface area contributed by atoms with Crippen molar-refractivity contribution in [3.8, 4) is 0 Å². The second-order valence-electron chi connectivity index (χ2n) is 5.12. The molecule has 5 heteroatoms. The highest BCUT2D eigenvalue weighted by atomic mass is 79.9. The van der Waals surface area contributed by atoms with Gasteiger partial charge in [-0.25, -0.2) is 9.97 Å². The number of aryl methyl sites for hydroxylation is 1. The van der Waals surface area contributed by atoms with Crippen LogP contribution in [0.1, 0.15) is 25.6 Å². The molecule has 100 valence electrons. The summed E-state index contributed by atoms with van der Waals surface area (Å²) in [5, 5.41) is 3.39. The lowest BCUT2D eigenvalue weighted by Gasteiger charge is -2.20. The van der Waals surface area contributed by atoms with Gasteiger partial charge in [-0.15, -0.1) is 0 Å². The summed E-state index contributed by atoms with van der Waals surface area (Å²) in [4.78, 5) is 11.1. The first-order valence-corrected chi connectivity index (χ1v) is 7.40. The molecular weight excluding hydrogens is 292 g/mol. The van der Waals surface area contributed by atoms with E-state index in [1.54, 1.807) is 0 Å². The molecule has 2 rings (SSSR count). The summed E-state index contributed by atoms with van der Waals surface area (Å²) in [6.07, 6.45) is 2.72. The van der Waals surface area contributed by atoms with Crippen LogP contribution in [0.3, 0.4) is 0 Å². The van der Waals surface area contributed by atoms with Gasteiger partial charge in [0.05, 0.1) is 0 Å². The molecule has 1 saturated heterocycles. The lowest BCUT2D eigenvalue weighted by atomic mass is 10.1. The Morgan fingerprint density at radius 3 is 2.78 bits per heavy atom. The molecule has 1 aromatic heterocycles. The number of hydrogen-bond acceptors (Lipinski definition) is 4. The van der Waals surface area contributed by atoms with E-state index in [1.807, 2.05) is 13.0 Å². The molecule has 2 heterocycles. The minimum Gasteiger partial charge on any atom is -0.370 e. The molecule has 4 nitrogen and oxygen atoms in total. The molecule has 1 fully saturated rings. The molecule has 1 aliphatic heterocycles. The van der Waals surface area contributed by atoms with E-state index in [2.05, 4.69) is 43.0 Å². The Bertz CT molecular complexity index is 370. The van der Waals surface area contributed by atoms with E-state index in [9.17, 15) is 0 Å². The highest BCUT2D eigenvalue weighted by Crippen LogP contribution is 2.14. The topological polar surface area (TPSA) is 41.1 Å². The number of nitrogens with zero attached hydrogens (tertiary/aromatic N) is 3. The number of rotatable bonds is 5. The van der Waals surface area contributed by atoms with Gasteiger partial charge in [0, 0.05) is 19.2 Å². The number of halogens is 1. The van der Waals surface area contributed by atoms with E-state index in [0.29, 0.717) is 5.92 Å². The molecular formula is C13H21BrN4. The van der Waals surface area contributed by atoms with Gasteiger partial charge >= 0.3 is 0 Å². The zero-order valence-electron chi connectivity index (χ0n) is 11.1. The van der Waals surface area contributed by atoms with Crippen LogP contribution in [0.25, 0.3) is 0 Å². The molecule has 0 amide bonds. The molecule has 1 atom stereocenters. The highest BCUT2D eigenvalue weighted by Gasteiger charge is 2.14. The van der Waals surface area contributed by atoms with Crippen molar-refractivity contribution in [1.82, 2.24) is 14.9 Å². The fraction of sp³-hybridized carbons (Fsp3) is 0.692. The SMILES string of the molecule is Cc1nc(Br)cc(NCC(C)CN2CCCC2)n1. The van der Waals surface area contributed by atoms with Crippen LogP contribution in [-0.4, -0.2) is 41.0 Å². The first-order chi connectivity index (χ1) is 8.63. The molecule has 1 aliphatic rings. The monoisotopic (exact) mass is 312 g/mol. The van der Waals surface area contributed by atoms with Crippen molar-refractivity contribution in [2.45, 2.75) is 26.7 Å². The second-order valence-corrected chi connectivity index (χ2v) is 5.93. The molecule has 1 unspecified atom stereocenters.